The lowest BCUT2D eigenvalue weighted by Gasteiger charge is -2.08. The minimum Gasteiger partial charge on any atom is -0.487 e. The fraction of sp³-hybridized carbons (Fsp3) is 0.154. The summed E-state index contributed by atoms with van der Waals surface area (Å²) < 4.78 is 5.63. The standard InChI is InChI=1S/C13H14N2O/c1-10(8-14)9-16-12-6-2-4-11-5-3-7-15-13(11)12/h2-7H,1,8-9,14H2. The van der Waals surface area contributed by atoms with Gasteiger partial charge in [0.15, 0.2) is 0 Å². The first-order valence-corrected chi connectivity index (χ1v) is 5.14. The third kappa shape index (κ3) is 2.20. The Morgan fingerprint density at radius 1 is 1.31 bits per heavy atom. The molecule has 0 saturated heterocycles. The number of nitrogens with two attached hydrogens (primary N) is 1. The number of aromatic nitrogens is 1. The highest BCUT2D eigenvalue weighted by molar-refractivity contribution is 5.84. The Labute approximate surface area is 94.6 Å². The van der Waals surface area contributed by atoms with Crippen molar-refractivity contribution in [1.82, 2.24) is 4.98 Å². The number of para-hydroxylation sites is 1. The number of ether oxygens (including phenoxy) is 1. The normalized spacial score (nSPS) is 10.3. The average molecular weight is 214 g/mol. The molecule has 0 aliphatic heterocycles. The molecular formula is C13H14N2O. The molecule has 1 aromatic heterocycles. The lowest BCUT2D eigenvalue weighted by Crippen LogP contribution is -2.10. The van der Waals surface area contributed by atoms with E-state index >= 15 is 0 Å². The van der Waals surface area contributed by atoms with Gasteiger partial charge in [-0.2, -0.15) is 0 Å². The van der Waals surface area contributed by atoms with Crippen molar-refractivity contribution in [2.24, 2.45) is 5.73 Å². The zero-order chi connectivity index (χ0) is 11.4. The van der Waals surface area contributed by atoms with E-state index in [1.165, 1.54) is 0 Å². The van der Waals surface area contributed by atoms with Crippen molar-refractivity contribution in [3.05, 3.63) is 48.7 Å². The van der Waals surface area contributed by atoms with Crippen LogP contribution >= 0.6 is 0 Å². The number of rotatable bonds is 4. The molecule has 0 unspecified atom stereocenters. The molecule has 0 spiro atoms. The highest BCUT2D eigenvalue weighted by Gasteiger charge is 2.02. The maximum Gasteiger partial charge on any atom is 0.146 e. The van der Waals surface area contributed by atoms with Crippen LogP contribution in [0.4, 0.5) is 0 Å². The molecule has 0 atom stereocenters. The molecule has 2 rings (SSSR count). The quantitative estimate of drug-likeness (QED) is 0.793. The predicted octanol–water partition coefficient (Wildman–Crippen LogP) is 2.13. The van der Waals surface area contributed by atoms with Crippen LogP contribution in [0, 0.1) is 0 Å². The summed E-state index contributed by atoms with van der Waals surface area (Å²) in [6, 6.07) is 9.77. The Morgan fingerprint density at radius 2 is 2.12 bits per heavy atom. The van der Waals surface area contributed by atoms with E-state index in [0.29, 0.717) is 13.2 Å². The van der Waals surface area contributed by atoms with Crippen molar-refractivity contribution in [2.75, 3.05) is 13.2 Å². The summed E-state index contributed by atoms with van der Waals surface area (Å²) in [5, 5.41) is 1.07. The number of hydrogen-bond acceptors (Lipinski definition) is 3. The average Bonchev–Trinajstić information content (AvgIpc) is 2.35. The van der Waals surface area contributed by atoms with Crippen LogP contribution in [-0.2, 0) is 0 Å². The fourth-order valence-electron chi connectivity index (χ4n) is 1.43. The number of pyridine rings is 1. The van der Waals surface area contributed by atoms with Gasteiger partial charge < -0.3 is 10.5 Å². The third-order valence-corrected chi connectivity index (χ3v) is 2.32. The summed E-state index contributed by atoms with van der Waals surface area (Å²) in [6.45, 7) is 4.68. The first-order chi connectivity index (χ1) is 7.81. The zero-order valence-electron chi connectivity index (χ0n) is 9.02. The van der Waals surface area contributed by atoms with Crippen LogP contribution in [0.1, 0.15) is 0 Å². The first-order valence-electron chi connectivity index (χ1n) is 5.14. The van der Waals surface area contributed by atoms with Crippen LogP contribution in [-0.4, -0.2) is 18.1 Å². The van der Waals surface area contributed by atoms with Gasteiger partial charge in [-0.1, -0.05) is 24.8 Å². The molecule has 0 bridgehead atoms. The van der Waals surface area contributed by atoms with Gasteiger partial charge in [0, 0.05) is 18.1 Å². The molecule has 0 radical (unpaired) electrons. The largest absolute Gasteiger partial charge is 0.487 e. The van der Waals surface area contributed by atoms with Gasteiger partial charge in [-0.15, -0.1) is 0 Å². The zero-order valence-corrected chi connectivity index (χ0v) is 9.02. The Hall–Kier alpha value is -1.87. The summed E-state index contributed by atoms with van der Waals surface area (Å²) in [5.41, 5.74) is 7.19. The van der Waals surface area contributed by atoms with E-state index in [1.807, 2.05) is 30.3 Å². The monoisotopic (exact) mass is 214 g/mol. The second-order valence-electron chi connectivity index (χ2n) is 3.57. The van der Waals surface area contributed by atoms with Gasteiger partial charge in [0.25, 0.3) is 0 Å². The van der Waals surface area contributed by atoms with Crippen LogP contribution in [0.5, 0.6) is 5.75 Å². The topological polar surface area (TPSA) is 48.1 Å². The Kier molecular flexibility index (Phi) is 3.17. The molecule has 1 aromatic carbocycles. The molecule has 1 heterocycles. The molecule has 0 amide bonds. The fourth-order valence-corrected chi connectivity index (χ4v) is 1.43. The van der Waals surface area contributed by atoms with Crippen molar-refractivity contribution in [1.29, 1.82) is 0 Å². The third-order valence-electron chi connectivity index (χ3n) is 2.32. The van der Waals surface area contributed by atoms with E-state index in [-0.39, 0.29) is 0 Å². The second-order valence-corrected chi connectivity index (χ2v) is 3.57. The highest BCUT2D eigenvalue weighted by atomic mass is 16.5. The number of hydrogen-bond donors (Lipinski definition) is 1. The summed E-state index contributed by atoms with van der Waals surface area (Å²) >= 11 is 0. The highest BCUT2D eigenvalue weighted by Crippen LogP contribution is 2.22. The van der Waals surface area contributed by atoms with Gasteiger partial charge in [-0.3, -0.25) is 4.98 Å². The van der Waals surface area contributed by atoms with Crippen molar-refractivity contribution in [3.8, 4) is 5.75 Å². The Bertz CT molecular complexity index is 503. The van der Waals surface area contributed by atoms with E-state index in [9.17, 15) is 0 Å². The molecule has 0 fully saturated rings. The molecule has 0 saturated carbocycles. The van der Waals surface area contributed by atoms with Gasteiger partial charge in [0.2, 0.25) is 0 Å². The van der Waals surface area contributed by atoms with Crippen molar-refractivity contribution >= 4 is 10.9 Å². The van der Waals surface area contributed by atoms with Crippen LogP contribution in [0.25, 0.3) is 10.9 Å². The molecule has 2 N–H and O–H groups in total. The maximum atomic E-state index is 5.63. The smallest absolute Gasteiger partial charge is 0.146 e. The van der Waals surface area contributed by atoms with Crippen LogP contribution < -0.4 is 10.5 Å². The SMILES string of the molecule is C=C(CN)COc1cccc2cccnc12. The molecule has 82 valence electrons. The maximum absolute atomic E-state index is 5.63. The van der Waals surface area contributed by atoms with Crippen molar-refractivity contribution in [2.45, 2.75) is 0 Å². The lowest BCUT2D eigenvalue weighted by molar-refractivity contribution is 0.354. The van der Waals surface area contributed by atoms with Crippen LogP contribution in [0.15, 0.2) is 48.7 Å². The van der Waals surface area contributed by atoms with E-state index < -0.39 is 0 Å². The number of fused-ring (bicyclic) bond motifs is 1. The summed E-state index contributed by atoms with van der Waals surface area (Å²) in [4.78, 5) is 4.30. The number of benzene rings is 1. The predicted molar refractivity (Wildman–Crippen MR) is 65.4 cm³/mol. The van der Waals surface area contributed by atoms with E-state index in [4.69, 9.17) is 10.5 Å². The molecular weight excluding hydrogens is 200 g/mol. The van der Waals surface area contributed by atoms with Crippen LogP contribution in [0.3, 0.4) is 0 Å². The van der Waals surface area contributed by atoms with Gasteiger partial charge in [-0.25, -0.2) is 0 Å². The minimum atomic E-state index is 0.437. The minimum absolute atomic E-state index is 0.437. The molecule has 3 heteroatoms. The lowest BCUT2D eigenvalue weighted by atomic mass is 10.2. The molecule has 16 heavy (non-hydrogen) atoms. The first kappa shape index (κ1) is 10.6. The number of nitrogens with zero attached hydrogens (tertiary/aromatic N) is 1. The van der Waals surface area contributed by atoms with Crippen molar-refractivity contribution in [3.63, 3.8) is 0 Å². The molecule has 2 aromatic rings. The molecule has 0 aliphatic rings. The second kappa shape index (κ2) is 4.77. The molecule has 0 aliphatic carbocycles. The Morgan fingerprint density at radius 3 is 2.94 bits per heavy atom. The Balaban J connectivity index is 2.27. The van der Waals surface area contributed by atoms with Crippen molar-refractivity contribution < 1.29 is 4.74 Å². The van der Waals surface area contributed by atoms with Gasteiger partial charge in [0.05, 0.1) is 0 Å². The van der Waals surface area contributed by atoms with E-state index in [1.54, 1.807) is 6.20 Å². The summed E-state index contributed by atoms with van der Waals surface area (Å²) in [5.74, 6) is 0.771. The van der Waals surface area contributed by atoms with E-state index in [2.05, 4.69) is 11.6 Å². The van der Waals surface area contributed by atoms with Gasteiger partial charge in [0.1, 0.15) is 17.9 Å². The summed E-state index contributed by atoms with van der Waals surface area (Å²) in [6.07, 6.45) is 1.76. The van der Waals surface area contributed by atoms with Crippen LogP contribution in [0.2, 0.25) is 0 Å². The van der Waals surface area contributed by atoms with E-state index in [0.717, 1.165) is 22.2 Å². The summed E-state index contributed by atoms with van der Waals surface area (Å²) in [7, 11) is 0. The van der Waals surface area contributed by atoms with Gasteiger partial charge >= 0.3 is 0 Å². The molecule has 3 nitrogen and oxygen atoms in total. The van der Waals surface area contributed by atoms with Gasteiger partial charge in [-0.05, 0) is 17.7 Å².